The molecule has 0 aliphatic rings. The lowest BCUT2D eigenvalue weighted by Gasteiger charge is -2.22. The zero-order valence-electron chi connectivity index (χ0n) is 15.8. The molecule has 6 nitrogen and oxygen atoms in total. The molecule has 1 N–H and O–H groups in total. The highest BCUT2D eigenvalue weighted by atomic mass is 35.5. The summed E-state index contributed by atoms with van der Waals surface area (Å²) >= 11 is 5.85. The molecule has 1 aromatic heterocycles. The molecule has 0 bridgehead atoms. The largest absolute Gasteiger partial charge is 0.349 e. The number of amides is 1. The van der Waals surface area contributed by atoms with Gasteiger partial charge < -0.3 is 5.32 Å². The number of nitrogens with zero attached hydrogens (tertiary/aromatic N) is 2. The molecule has 3 aromatic rings. The first-order valence-electron chi connectivity index (χ1n) is 9.02. The number of hydrogen-bond donors (Lipinski definition) is 1. The van der Waals surface area contributed by atoms with Crippen LogP contribution in [0.2, 0.25) is 5.02 Å². The summed E-state index contributed by atoms with van der Waals surface area (Å²) in [7, 11) is -4.08. The predicted octanol–water partition coefficient (Wildman–Crippen LogP) is 3.38. The van der Waals surface area contributed by atoms with Gasteiger partial charge in [0.2, 0.25) is 15.9 Å². The van der Waals surface area contributed by atoms with E-state index >= 15 is 0 Å². The van der Waals surface area contributed by atoms with Gasteiger partial charge in [-0.25, -0.2) is 12.8 Å². The molecule has 0 aliphatic heterocycles. The van der Waals surface area contributed by atoms with Gasteiger partial charge in [0.1, 0.15) is 5.82 Å². The number of aromatic nitrogens is 1. The van der Waals surface area contributed by atoms with Gasteiger partial charge in [0.15, 0.2) is 0 Å². The normalized spacial score (nSPS) is 11.4. The van der Waals surface area contributed by atoms with Crippen LogP contribution in [-0.2, 0) is 27.9 Å². The SMILES string of the molecule is O=C(CN(Cc1ccccc1F)S(=O)(=O)c1ccc(Cl)cc1)NCc1ccccn1. The van der Waals surface area contributed by atoms with Gasteiger partial charge in [0.05, 0.1) is 23.7 Å². The molecule has 0 saturated heterocycles. The Kier molecular flexibility index (Phi) is 7.15. The maximum Gasteiger partial charge on any atom is 0.243 e. The molecule has 156 valence electrons. The third-order valence-electron chi connectivity index (χ3n) is 4.27. The van der Waals surface area contributed by atoms with Crippen molar-refractivity contribution in [3.8, 4) is 0 Å². The number of halogens is 2. The average Bonchev–Trinajstić information content (AvgIpc) is 2.74. The zero-order valence-corrected chi connectivity index (χ0v) is 17.4. The fourth-order valence-electron chi connectivity index (χ4n) is 2.71. The molecule has 1 amide bonds. The first-order valence-corrected chi connectivity index (χ1v) is 10.8. The van der Waals surface area contributed by atoms with Crippen molar-refractivity contribution in [1.29, 1.82) is 0 Å². The molecule has 0 aliphatic carbocycles. The molecule has 0 spiro atoms. The Morgan fingerprint density at radius 2 is 1.73 bits per heavy atom. The van der Waals surface area contributed by atoms with Crippen molar-refractivity contribution in [3.05, 3.63) is 95.0 Å². The fraction of sp³-hybridized carbons (Fsp3) is 0.143. The Labute approximate surface area is 179 Å². The molecule has 0 radical (unpaired) electrons. The average molecular weight is 448 g/mol. The van der Waals surface area contributed by atoms with Crippen molar-refractivity contribution in [1.82, 2.24) is 14.6 Å². The number of pyridine rings is 1. The van der Waals surface area contributed by atoms with Crippen LogP contribution in [0.5, 0.6) is 0 Å². The van der Waals surface area contributed by atoms with E-state index < -0.39 is 28.3 Å². The topological polar surface area (TPSA) is 79.4 Å². The Hall–Kier alpha value is -2.81. The second-order valence-electron chi connectivity index (χ2n) is 6.42. The van der Waals surface area contributed by atoms with Gasteiger partial charge in [-0.05, 0) is 42.5 Å². The van der Waals surface area contributed by atoms with Crippen LogP contribution >= 0.6 is 11.6 Å². The molecule has 0 fully saturated rings. The van der Waals surface area contributed by atoms with Crippen molar-refractivity contribution < 1.29 is 17.6 Å². The van der Waals surface area contributed by atoms with Crippen molar-refractivity contribution in [2.24, 2.45) is 0 Å². The predicted molar refractivity (Wildman–Crippen MR) is 112 cm³/mol. The number of sulfonamides is 1. The van der Waals surface area contributed by atoms with E-state index in [2.05, 4.69) is 10.3 Å². The van der Waals surface area contributed by atoms with Gasteiger partial charge in [-0.3, -0.25) is 9.78 Å². The zero-order chi connectivity index (χ0) is 21.6. The van der Waals surface area contributed by atoms with Crippen LogP contribution < -0.4 is 5.32 Å². The van der Waals surface area contributed by atoms with E-state index in [0.29, 0.717) is 10.7 Å². The number of hydrogen-bond acceptors (Lipinski definition) is 4. The molecule has 3 rings (SSSR count). The molecule has 9 heteroatoms. The van der Waals surface area contributed by atoms with E-state index in [1.165, 1.54) is 42.5 Å². The Morgan fingerprint density at radius 3 is 2.40 bits per heavy atom. The standard InChI is InChI=1S/C21H19ClFN3O3S/c22-17-8-10-19(11-9-17)30(28,29)26(14-16-5-1-2-7-20(16)23)15-21(27)25-13-18-6-3-4-12-24-18/h1-12H,13-15H2,(H,25,27). The van der Waals surface area contributed by atoms with E-state index in [4.69, 9.17) is 11.6 Å². The molecule has 2 aromatic carbocycles. The highest BCUT2D eigenvalue weighted by molar-refractivity contribution is 7.89. The second-order valence-corrected chi connectivity index (χ2v) is 8.79. The van der Waals surface area contributed by atoms with Crippen LogP contribution in [-0.4, -0.2) is 30.2 Å². The number of benzene rings is 2. The summed E-state index contributed by atoms with van der Waals surface area (Å²) in [6.07, 6.45) is 1.59. The molecule has 0 unspecified atom stereocenters. The van der Waals surface area contributed by atoms with Crippen molar-refractivity contribution in [3.63, 3.8) is 0 Å². The van der Waals surface area contributed by atoms with Crippen LogP contribution in [0.1, 0.15) is 11.3 Å². The highest BCUT2D eigenvalue weighted by Crippen LogP contribution is 2.21. The van der Waals surface area contributed by atoms with E-state index in [9.17, 15) is 17.6 Å². The molecule has 0 atom stereocenters. The third kappa shape index (κ3) is 5.63. The summed E-state index contributed by atoms with van der Waals surface area (Å²) in [5, 5.41) is 3.02. The molecule has 1 heterocycles. The second kappa shape index (κ2) is 9.80. The number of carbonyl (C=O) groups excluding carboxylic acids is 1. The van der Waals surface area contributed by atoms with Crippen LogP contribution in [0.25, 0.3) is 0 Å². The van der Waals surface area contributed by atoms with E-state index in [1.54, 1.807) is 30.5 Å². The minimum atomic E-state index is -4.08. The maximum atomic E-state index is 14.2. The van der Waals surface area contributed by atoms with Crippen molar-refractivity contribution >= 4 is 27.5 Å². The minimum absolute atomic E-state index is 0.0410. The van der Waals surface area contributed by atoms with E-state index in [1.807, 2.05) is 0 Å². The smallest absolute Gasteiger partial charge is 0.243 e. The molecule has 0 saturated carbocycles. The lowest BCUT2D eigenvalue weighted by Crippen LogP contribution is -2.40. The van der Waals surface area contributed by atoms with Crippen LogP contribution in [0.4, 0.5) is 4.39 Å². The lowest BCUT2D eigenvalue weighted by atomic mass is 10.2. The third-order valence-corrected chi connectivity index (χ3v) is 6.33. The minimum Gasteiger partial charge on any atom is -0.349 e. The number of carbonyl (C=O) groups is 1. The Bertz CT molecular complexity index is 1110. The molecular weight excluding hydrogens is 429 g/mol. The van der Waals surface area contributed by atoms with Gasteiger partial charge in [0.25, 0.3) is 0 Å². The summed E-state index contributed by atoms with van der Waals surface area (Å²) < 4.78 is 41.4. The summed E-state index contributed by atoms with van der Waals surface area (Å²) in [5.41, 5.74) is 0.791. The van der Waals surface area contributed by atoms with Crippen LogP contribution in [0.15, 0.2) is 77.8 Å². The number of nitrogens with one attached hydrogen (secondary N) is 1. The first-order chi connectivity index (χ1) is 14.4. The number of rotatable bonds is 8. The fourth-order valence-corrected chi connectivity index (χ4v) is 4.21. The molecule has 30 heavy (non-hydrogen) atoms. The van der Waals surface area contributed by atoms with Gasteiger partial charge in [0, 0.05) is 23.3 Å². The molecular formula is C21H19ClFN3O3S. The van der Waals surface area contributed by atoms with Crippen LogP contribution in [0, 0.1) is 5.82 Å². The first kappa shape index (κ1) is 21.9. The summed E-state index contributed by atoms with van der Waals surface area (Å²) in [5.74, 6) is -1.09. The Morgan fingerprint density at radius 1 is 1.03 bits per heavy atom. The highest BCUT2D eigenvalue weighted by Gasteiger charge is 2.27. The summed E-state index contributed by atoms with van der Waals surface area (Å²) in [6.45, 7) is -0.630. The van der Waals surface area contributed by atoms with Gasteiger partial charge in [-0.2, -0.15) is 4.31 Å². The monoisotopic (exact) mass is 447 g/mol. The van der Waals surface area contributed by atoms with E-state index in [0.717, 1.165) is 4.31 Å². The van der Waals surface area contributed by atoms with Gasteiger partial charge in [-0.1, -0.05) is 35.9 Å². The maximum absolute atomic E-state index is 14.2. The quantitative estimate of drug-likeness (QED) is 0.574. The van der Waals surface area contributed by atoms with E-state index in [-0.39, 0.29) is 23.5 Å². The Balaban J connectivity index is 1.82. The lowest BCUT2D eigenvalue weighted by molar-refractivity contribution is -0.121. The summed E-state index contributed by atoms with van der Waals surface area (Å²) in [6, 6.07) is 16.7. The van der Waals surface area contributed by atoms with Gasteiger partial charge in [-0.15, -0.1) is 0 Å². The van der Waals surface area contributed by atoms with Crippen LogP contribution in [0.3, 0.4) is 0 Å². The van der Waals surface area contributed by atoms with Crippen molar-refractivity contribution in [2.45, 2.75) is 18.0 Å². The van der Waals surface area contributed by atoms with Gasteiger partial charge >= 0.3 is 0 Å². The summed E-state index contributed by atoms with van der Waals surface area (Å²) in [4.78, 5) is 16.5. The van der Waals surface area contributed by atoms with Crippen molar-refractivity contribution in [2.75, 3.05) is 6.54 Å².